The van der Waals surface area contributed by atoms with Crippen LogP contribution in [-0.2, 0) is 0 Å². The summed E-state index contributed by atoms with van der Waals surface area (Å²) in [4.78, 5) is 5.40. The number of benzene rings is 2. The second kappa shape index (κ2) is 8.24. The Labute approximate surface area is 170 Å². The lowest BCUT2D eigenvalue weighted by atomic mass is 9.86. The number of nitrogens with zero attached hydrogens (tertiary/aromatic N) is 2. The third-order valence-corrected chi connectivity index (χ3v) is 6.86. The maximum absolute atomic E-state index is 2.78. The number of likely N-dealkylation sites (tertiary alicyclic amines) is 1. The number of hydrogen-bond acceptors (Lipinski definition) is 2. The van der Waals surface area contributed by atoms with Crippen molar-refractivity contribution in [1.29, 1.82) is 0 Å². The molecule has 2 atom stereocenters. The largest absolute Gasteiger partial charge is 0.337 e. The summed E-state index contributed by atoms with van der Waals surface area (Å²) in [5, 5.41) is 0. The van der Waals surface area contributed by atoms with Gasteiger partial charge in [-0.05, 0) is 48.9 Å². The van der Waals surface area contributed by atoms with Gasteiger partial charge in [-0.3, -0.25) is 0 Å². The molecule has 0 N–H and O–H groups in total. The fraction of sp³-hybridized carbons (Fsp3) is 0.500. The van der Waals surface area contributed by atoms with Gasteiger partial charge in [0, 0.05) is 43.0 Å². The monoisotopic (exact) mass is 382 g/mol. The third-order valence-electron chi connectivity index (χ3n) is 6.86. The van der Waals surface area contributed by atoms with Crippen molar-refractivity contribution in [2.75, 3.05) is 24.5 Å². The van der Waals surface area contributed by atoms with E-state index in [-0.39, 0.29) is 12.4 Å². The molecule has 2 fully saturated rings. The number of para-hydroxylation sites is 2. The van der Waals surface area contributed by atoms with Crippen LogP contribution in [0.25, 0.3) is 0 Å². The van der Waals surface area contributed by atoms with Gasteiger partial charge < -0.3 is 9.80 Å². The normalized spacial score (nSPS) is 25.6. The Morgan fingerprint density at radius 1 is 0.815 bits per heavy atom. The lowest BCUT2D eigenvalue weighted by Crippen LogP contribution is -2.46. The molecule has 0 unspecified atom stereocenters. The highest BCUT2D eigenvalue weighted by Crippen LogP contribution is 2.48. The molecule has 1 saturated heterocycles. The highest BCUT2D eigenvalue weighted by molar-refractivity contribution is 5.85. The summed E-state index contributed by atoms with van der Waals surface area (Å²) in [5.74, 6) is 1.60. The van der Waals surface area contributed by atoms with Gasteiger partial charge in [-0.2, -0.15) is 0 Å². The Morgan fingerprint density at radius 2 is 1.56 bits per heavy atom. The standard InChI is InChI=1S/C24H30N2.ClH/c1-3-9-19(10-4-1)17-25-16-15-24-22(18-25)21-13-7-8-14-23(21)26(24)20-11-5-2-6-12-20;/h2,5-8,11-14,19,22,24H,1,3-4,9-10,15-18H2;1H/t22-,24+;/m0./s1. The maximum Gasteiger partial charge on any atom is 0.0450 e. The van der Waals surface area contributed by atoms with Crippen LogP contribution in [0.5, 0.6) is 0 Å². The first kappa shape index (κ1) is 18.8. The van der Waals surface area contributed by atoms with Gasteiger partial charge in [0.25, 0.3) is 0 Å². The molecule has 1 saturated carbocycles. The predicted octanol–water partition coefficient (Wildman–Crippen LogP) is 6.00. The van der Waals surface area contributed by atoms with Crippen LogP contribution in [-0.4, -0.2) is 30.6 Å². The fourth-order valence-corrected chi connectivity index (χ4v) is 5.64. The summed E-state index contributed by atoms with van der Waals surface area (Å²) in [7, 11) is 0. The van der Waals surface area contributed by atoms with E-state index in [1.165, 1.54) is 69.5 Å². The Morgan fingerprint density at radius 3 is 2.37 bits per heavy atom. The average Bonchev–Trinajstić information content (AvgIpc) is 3.03. The van der Waals surface area contributed by atoms with Gasteiger partial charge in [0.2, 0.25) is 0 Å². The van der Waals surface area contributed by atoms with Crippen LogP contribution in [0, 0.1) is 5.92 Å². The van der Waals surface area contributed by atoms with Gasteiger partial charge in [-0.1, -0.05) is 55.7 Å². The molecule has 2 aromatic rings. The van der Waals surface area contributed by atoms with Crippen molar-refractivity contribution in [2.45, 2.75) is 50.5 Å². The smallest absolute Gasteiger partial charge is 0.0450 e. The Balaban J connectivity index is 0.00000180. The van der Waals surface area contributed by atoms with Crippen LogP contribution in [0.3, 0.4) is 0 Å². The van der Waals surface area contributed by atoms with Crippen molar-refractivity contribution in [3.05, 3.63) is 60.2 Å². The van der Waals surface area contributed by atoms with Crippen molar-refractivity contribution >= 4 is 23.8 Å². The van der Waals surface area contributed by atoms with Crippen molar-refractivity contribution in [2.24, 2.45) is 5.92 Å². The van der Waals surface area contributed by atoms with Gasteiger partial charge in [-0.15, -0.1) is 12.4 Å². The summed E-state index contributed by atoms with van der Waals surface area (Å²) in [5.41, 5.74) is 4.36. The molecule has 2 aromatic carbocycles. The van der Waals surface area contributed by atoms with Crippen LogP contribution in [0.2, 0.25) is 0 Å². The first-order valence-corrected chi connectivity index (χ1v) is 10.6. The number of rotatable bonds is 3. The van der Waals surface area contributed by atoms with Crippen molar-refractivity contribution in [3.8, 4) is 0 Å². The Kier molecular flexibility index (Phi) is 5.75. The zero-order chi connectivity index (χ0) is 17.3. The lowest BCUT2D eigenvalue weighted by molar-refractivity contribution is 0.153. The molecular formula is C24H31ClN2. The molecule has 2 aliphatic heterocycles. The van der Waals surface area contributed by atoms with E-state index >= 15 is 0 Å². The number of piperidine rings is 1. The van der Waals surface area contributed by atoms with E-state index in [0.29, 0.717) is 12.0 Å². The van der Waals surface area contributed by atoms with Gasteiger partial charge in [0.1, 0.15) is 0 Å². The number of anilines is 2. The SMILES string of the molecule is Cl.c1ccc(N2c3ccccc3[C@@H]3CN(CC4CCCCC4)CC[C@H]32)cc1. The number of halogens is 1. The predicted molar refractivity (Wildman–Crippen MR) is 116 cm³/mol. The molecule has 0 aromatic heterocycles. The molecule has 3 aliphatic rings. The summed E-state index contributed by atoms with van der Waals surface area (Å²) in [6.45, 7) is 3.83. The van der Waals surface area contributed by atoms with E-state index in [9.17, 15) is 0 Å². The Bertz CT molecular complexity index is 741. The second-order valence-electron chi connectivity index (χ2n) is 8.49. The van der Waals surface area contributed by atoms with Crippen molar-refractivity contribution in [3.63, 3.8) is 0 Å². The number of fused-ring (bicyclic) bond motifs is 3. The van der Waals surface area contributed by atoms with Gasteiger partial charge in [0.05, 0.1) is 0 Å². The molecule has 2 heterocycles. The minimum atomic E-state index is 0. The van der Waals surface area contributed by atoms with E-state index in [1.807, 2.05) is 0 Å². The van der Waals surface area contributed by atoms with E-state index in [0.717, 1.165) is 5.92 Å². The van der Waals surface area contributed by atoms with E-state index in [1.54, 1.807) is 5.56 Å². The molecule has 1 aliphatic carbocycles. The molecule has 27 heavy (non-hydrogen) atoms. The molecule has 3 heteroatoms. The van der Waals surface area contributed by atoms with Crippen molar-refractivity contribution in [1.82, 2.24) is 4.90 Å². The van der Waals surface area contributed by atoms with E-state index in [4.69, 9.17) is 0 Å². The first-order valence-electron chi connectivity index (χ1n) is 10.6. The van der Waals surface area contributed by atoms with Crippen LogP contribution >= 0.6 is 12.4 Å². The minimum absolute atomic E-state index is 0. The summed E-state index contributed by atoms with van der Waals surface area (Å²) >= 11 is 0. The van der Waals surface area contributed by atoms with Crippen molar-refractivity contribution < 1.29 is 0 Å². The number of hydrogen-bond donors (Lipinski definition) is 0. The molecule has 144 valence electrons. The Hall–Kier alpha value is -1.51. The molecule has 0 radical (unpaired) electrons. The summed E-state index contributed by atoms with van der Waals surface area (Å²) < 4.78 is 0. The zero-order valence-electron chi connectivity index (χ0n) is 16.1. The molecule has 0 spiro atoms. The zero-order valence-corrected chi connectivity index (χ0v) is 16.9. The molecule has 5 rings (SSSR count). The lowest BCUT2D eigenvalue weighted by Gasteiger charge is -2.40. The molecule has 0 bridgehead atoms. The van der Waals surface area contributed by atoms with Crippen LogP contribution in [0.4, 0.5) is 11.4 Å². The van der Waals surface area contributed by atoms with Crippen LogP contribution < -0.4 is 4.90 Å². The highest BCUT2D eigenvalue weighted by Gasteiger charge is 2.42. The summed E-state index contributed by atoms with van der Waals surface area (Å²) in [6, 6.07) is 20.8. The molecule has 0 amide bonds. The highest BCUT2D eigenvalue weighted by atomic mass is 35.5. The third kappa shape index (κ3) is 3.62. The molecule has 2 nitrogen and oxygen atoms in total. The van der Waals surface area contributed by atoms with E-state index in [2.05, 4.69) is 64.4 Å². The average molecular weight is 383 g/mol. The maximum atomic E-state index is 2.78. The minimum Gasteiger partial charge on any atom is -0.337 e. The van der Waals surface area contributed by atoms with Gasteiger partial charge >= 0.3 is 0 Å². The molecular weight excluding hydrogens is 352 g/mol. The quantitative estimate of drug-likeness (QED) is 0.642. The summed E-state index contributed by atoms with van der Waals surface area (Å²) in [6.07, 6.45) is 8.56. The van der Waals surface area contributed by atoms with Gasteiger partial charge in [-0.25, -0.2) is 0 Å². The van der Waals surface area contributed by atoms with Crippen LogP contribution in [0.15, 0.2) is 54.6 Å². The second-order valence-corrected chi connectivity index (χ2v) is 8.49. The topological polar surface area (TPSA) is 6.48 Å². The first-order chi connectivity index (χ1) is 12.9. The van der Waals surface area contributed by atoms with Crippen LogP contribution in [0.1, 0.15) is 50.0 Å². The van der Waals surface area contributed by atoms with E-state index < -0.39 is 0 Å². The van der Waals surface area contributed by atoms with Gasteiger partial charge in [0.15, 0.2) is 0 Å². The fourth-order valence-electron chi connectivity index (χ4n) is 5.64.